The summed E-state index contributed by atoms with van der Waals surface area (Å²) in [7, 11) is 1.77. The number of aromatic nitrogens is 2. The van der Waals surface area contributed by atoms with Crippen LogP contribution < -0.4 is 5.73 Å². The van der Waals surface area contributed by atoms with Crippen LogP contribution in [0.5, 0.6) is 0 Å². The molecule has 2 aromatic rings. The number of aryl methyl sites for hydroxylation is 1. The average Bonchev–Trinajstić information content (AvgIpc) is 2.64. The van der Waals surface area contributed by atoms with Crippen LogP contribution in [0.4, 0.5) is 5.69 Å². The smallest absolute Gasteiger partial charge is 0.336 e. The Morgan fingerprint density at radius 3 is 2.81 bits per heavy atom. The number of nitrogens with two attached hydrogens (primary N) is 1. The lowest BCUT2D eigenvalue weighted by molar-refractivity contribution is 0.0698. The van der Waals surface area contributed by atoms with E-state index in [0.29, 0.717) is 16.8 Å². The Kier molecular flexibility index (Phi) is 2.36. The van der Waals surface area contributed by atoms with E-state index < -0.39 is 5.97 Å². The highest BCUT2D eigenvalue weighted by molar-refractivity contribution is 5.99. The van der Waals surface area contributed by atoms with E-state index >= 15 is 0 Å². The summed E-state index contributed by atoms with van der Waals surface area (Å²) in [4.78, 5) is 11.1. The first-order chi connectivity index (χ1) is 7.59. The second-order valence-corrected chi connectivity index (χ2v) is 3.48. The standard InChI is InChI=1S/C11H11N3O2/c1-14-6-7(5-13-14)10-8(11(15)16)3-2-4-9(10)12/h2-6H,12H2,1H3,(H,15,16). The van der Waals surface area contributed by atoms with Crippen LogP contribution >= 0.6 is 0 Å². The third kappa shape index (κ3) is 1.63. The number of carboxylic acids is 1. The molecule has 0 saturated carbocycles. The molecule has 1 heterocycles. The minimum absolute atomic E-state index is 0.188. The number of carbonyl (C=O) groups is 1. The van der Waals surface area contributed by atoms with Crippen LogP contribution in [-0.2, 0) is 7.05 Å². The Morgan fingerprint density at radius 1 is 1.50 bits per heavy atom. The third-order valence-electron chi connectivity index (χ3n) is 2.32. The van der Waals surface area contributed by atoms with Gasteiger partial charge in [-0.05, 0) is 12.1 Å². The zero-order valence-corrected chi connectivity index (χ0v) is 8.71. The van der Waals surface area contributed by atoms with Crippen molar-refractivity contribution in [1.29, 1.82) is 0 Å². The molecule has 5 heteroatoms. The summed E-state index contributed by atoms with van der Waals surface area (Å²) >= 11 is 0. The fourth-order valence-corrected chi connectivity index (χ4v) is 1.62. The molecular weight excluding hydrogens is 206 g/mol. The molecular formula is C11H11N3O2. The van der Waals surface area contributed by atoms with Gasteiger partial charge in [-0.3, -0.25) is 4.68 Å². The number of nitrogen functional groups attached to an aromatic ring is 1. The number of anilines is 1. The summed E-state index contributed by atoms with van der Waals surface area (Å²) in [5.41, 5.74) is 7.65. The number of rotatable bonds is 2. The topological polar surface area (TPSA) is 81.1 Å². The van der Waals surface area contributed by atoms with Crippen molar-refractivity contribution < 1.29 is 9.90 Å². The van der Waals surface area contributed by atoms with Crippen LogP contribution in [0.15, 0.2) is 30.6 Å². The SMILES string of the molecule is Cn1cc(-c2c(N)cccc2C(=O)O)cn1. The number of aromatic carboxylic acids is 1. The van der Waals surface area contributed by atoms with Crippen molar-refractivity contribution in [3.05, 3.63) is 36.2 Å². The summed E-state index contributed by atoms with van der Waals surface area (Å²) in [6.45, 7) is 0. The van der Waals surface area contributed by atoms with E-state index in [1.54, 1.807) is 36.3 Å². The Morgan fingerprint density at radius 2 is 2.25 bits per heavy atom. The van der Waals surface area contributed by atoms with Gasteiger partial charge in [0.2, 0.25) is 0 Å². The summed E-state index contributed by atoms with van der Waals surface area (Å²) in [5, 5.41) is 13.1. The Balaban J connectivity index is 2.67. The van der Waals surface area contributed by atoms with Crippen LogP contribution in [-0.4, -0.2) is 20.9 Å². The van der Waals surface area contributed by atoms with Crippen molar-refractivity contribution in [2.75, 3.05) is 5.73 Å². The summed E-state index contributed by atoms with van der Waals surface area (Å²) in [6, 6.07) is 4.83. The summed E-state index contributed by atoms with van der Waals surface area (Å²) in [6.07, 6.45) is 3.33. The maximum absolute atomic E-state index is 11.1. The van der Waals surface area contributed by atoms with Crippen LogP contribution in [0, 0.1) is 0 Å². The lowest BCUT2D eigenvalue weighted by atomic mass is 10.0. The molecule has 1 aromatic carbocycles. The summed E-state index contributed by atoms with van der Waals surface area (Å²) in [5.74, 6) is -0.994. The molecule has 16 heavy (non-hydrogen) atoms. The molecule has 5 nitrogen and oxygen atoms in total. The van der Waals surface area contributed by atoms with Gasteiger partial charge >= 0.3 is 5.97 Å². The van der Waals surface area contributed by atoms with Gasteiger partial charge in [0.15, 0.2) is 0 Å². The largest absolute Gasteiger partial charge is 0.478 e. The van der Waals surface area contributed by atoms with Crippen molar-refractivity contribution in [2.45, 2.75) is 0 Å². The monoisotopic (exact) mass is 217 g/mol. The fraction of sp³-hybridized carbons (Fsp3) is 0.0909. The fourth-order valence-electron chi connectivity index (χ4n) is 1.62. The number of carboxylic acid groups (broad SMARTS) is 1. The highest BCUT2D eigenvalue weighted by atomic mass is 16.4. The lowest BCUT2D eigenvalue weighted by Gasteiger charge is -2.06. The second-order valence-electron chi connectivity index (χ2n) is 3.48. The number of benzene rings is 1. The molecule has 2 rings (SSSR count). The van der Waals surface area contributed by atoms with E-state index in [-0.39, 0.29) is 5.56 Å². The molecule has 0 aliphatic rings. The van der Waals surface area contributed by atoms with E-state index in [0.717, 1.165) is 0 Å². The Hall–Kier alpha value is -2.30. The highest BCUT2D eigenvalue weighted by Gasteiger charge is 2.15. The van der Waals surface area contributed by atoms with Crippen molar-refractivity contribution >= 4 is 11.7 Å². The molecule has 0 aliphatic carbocycles. The van der Waals surface area contributed by atoms with Gasteiger partial charge < -0.3 is 10.8 Å². The molecule has 3 N–H and O–H groups in total. The average molecular weight is 217 g/mol. The van der Waals surface area contributed by atoms with Crippen LogP contribution in [0.2, 0.25) is 0 Å². The zero-order valence-electron chi connectivity index (χ0n) is 8.71. The molecule has 1 aromatic heterocycles. The zero-order chi connectivity index (χ0) is 11.7. The van der Waals surface area contributed by atoms with Gasteiger partial charge in [-0.1, -0.05) is 6.07 Å². The van der Waals surface area contributed by atoms with Crippen molar-refractivity contribution in [1.82, 2.24) is 9.78 Å². The van der Waals surface area contributed by atoms with E-state index in [2.05, 4.69) is 5.10 Å². The first-order valence-corrected chi connectivity index (χ1v) is 4.70. The molecule has 0 spiro atoms. The molecule has 0 aliphatic heterocycles. The molecule has 0 amide bonds. The minimum atomic E-state index is -0.994. The summed E-state index contributed by atoms with van der Waals surface area (Å²) < 4.78 is 1.60. The molecule has 82 valence electrons. The Bertz CT molecular complexity index is 546. The quantitative estimate of drug-likeness (QED) is 0.744. The Labute approximate surface area is 92.1 Å². The van der Waals surface area contributed by atoms with Crippen molar-refractivity contribution in [3.63, 3.8) is 0 Å². The van der Waals surface area contributed by atoms with Crippen LogP contribution in [0.1, 0.15) is 10.4 Å². The van der Waals surface area contributed by atoms with Gasteiger partial charge in [-0.15, -0.1) is 0 Å². The predicted octanol–water partition coefficient (Wildman–Crippen LogP) is 1.37. The van der Waals surface area contributed by atoms with Gasteiger partial charge in [-0.25, -0.2) is 4.79 Å². The molecule has 0 saturated heterocycles. The maximum atomic E-state index is 11.1. The predicted molar refractivity (Wildman–Crippen MR) is 60.0 cm³/mol. The van der Waals surface area contributed by atoms with Crippen molar-refractivity contribution in [2.24, 2.45) is 7.05 Å². The number of nitrogens with zero attached hydrogens (tertiary/aromatic N) is 2. The first-order valence-electron chi connectivity index (χ1n) is 4.70. The van der Waals surface area contributed by atoms with Crippen molar-refractivity contribution in [3.8, 4) is 11.1 Å². The van der Waals surface area contributed by atoms with Crippen LogP contribution in [0.25, 0.3) is 11.1 Å². The van der Waals surface area contributed by atoms with Gasteiger partial charge in [-0.2, -0.15) is 5.10 Å². The van der Waals surface area contributed by atoms with E-state index in [1.807, 2.05) is 0 Å². The van der Waals surface area contributed by atoms with Gasteiger partial charge in [0.1, 0.15) is 0 Å². The van der Waals surface area contributed by atoms with E-state index in [4.69, 9.17) is 10.8 Å². The maximum Gasteiger partial charge on any atom is 0.336 e. The lowest BCUT2D eigenvalue weighted by Crippen LogP contribution is -2.02. The highest BCUT2D eigenvalue weighted by Crippen LogP contribution is 2.29. The van der Waals surface area contributed by atoms with Gasteiger partial charge in [0.05, 0.1) is 11.8 Å². The normalized spacial score (nSPS) is 10.3. The second kappa shape index (κ2) is 3.69. The van der Waals surface area contributed by atoms with Gasteiger partial charge in [0, 0.05) is 30.1 Å². The van der Waals surface area contributed by atoms with Crippen LogP contribution in [0.3, 0.4) is 0 Å². The minimum Gasteiger partial charge on any atom is -0.478 e. The molecule has 0 bridgehead atoms. The van der Waals surface area contributed by atoms with E-state index in [9.17, 15) is 4.79 Å². The molecule has 0 atom stereocenters. The molecule has 0 fully saturated rings. The molecule has 0 radical (unpaired) electrons. The number of hydrogen-bond acceptors (Lipinski definition) is 3. The molecule has 0 unspecified atom stereocenters. The first kappa shape index (κ1) is 10.2. The third-order valence-corrected chi connectivity index (χ3v) is 2.32. The van der Waals surface area contributed by atoms with Gasteiger partial charge in [0.25, 0.3) is 0 Å². The van der Waals surface area contributed by atoms with E-state index in [1.165, 1.54) is 6.07 Å². The number of hydrogen-bond donors (Lipinski definition) is 2.